The van der Waals surface area contributed by atoms with Crippen molar-refractivity contribution < 1.29 is 13.9 Å². The first-order valence-electron chi connectivity index (χ1n) is 3.19. The second kappa shape index (κ2) is 3.21. The Bertz CT molecular complexity index is 254. The third-order valence-electron chi connectivity index (χ3n) is 1.08. The Morgan fingerprint density at radius 3 is 2.91 bits per heavy atom. The fourth-order valence-electron chi connectivity index (χ4n) is 0.664. The van der Waals surface area contributed by atoms with E-state index in [1.54, 1.807) is 12.1 Å². The molecule has 1 aromatic heterocycles. The fourth-order valence-corrected chi connectivity index (χ4v) is 0.664. The molecule has 0 fully saturated rings. The van der Waals surface area contributed by atoms with Crippen molar-refractivity contribution in [1.82, 2.24) is 0 Å². The molecule has 0 saturated heterocycles. The lowest BCUT2D eigenvalue weighted by molar-refractivity contribution is -0.133. The van der Waals surface area contributed by atoms with Gasteiger partial charge < -0.3 is 14.9 Å². The molecule has 0 saturated carbocycles. The molecular formula is C7H9NO3. The SMILES string of the molecule is CC(=O)Oc1ccc(CN)o1. The average Bonchev–Trinajstić information content (AvgIpc) is 2.34. The van der Waals surface area contributed by atoms with Crippen LogP contribution in [-0.2, 0) is 11.3 Å². The quantitative estimate of drug-likeness (QED) is 0.637. The van der Waals surface area contributed by atoms with E-state index in [2.05, 4.69) is 4.74 Å². The summed E-state index contributed by atoms with van der Waals surface area (Å²) in [6, 6.07) is 3.22. The van der Waals surface area contributed by atoms with Gasteiger partial charge in [-0.2, -0.15) is 0 Å². The van der Waals surface area contributed by atoms with E-state index < -0.39 is 5.97 Å². The normalized spacial score (nSPS) is 9.64. The van der Waals surface area contributed by atoms with Gasteiger partial charge in [-0.1, -0.05) is 0 Å². The summed E-state index contributed by atoms with van der Waals surface area (Å²) in [4.78, 5) is 10.4. The molecule has 0 aliphatic carbocycles. The third-order valence-corrected chi connectivity index (χ3v) is 1.08. The lowest BCUT2D eigenvalue weighted by Gasteiger charge is -1.93. The predicted molar refractivity (Wildman–Crippen MR) is 37.9 cm³/mol. The van der Waals surface area contributed by atoms with Crippen molar-refractivity contribution in [3.8, 4) is 5.95 Å². The van der Waals surface area contributed by atoms with E-state index in [0.717, 1.165) is 0 Å². The van der Waals surface area contributed by atoms with E-state index in [1.807, 2.05) is 0 Å². The minimum absolute atomic E-state index is 0.193. The van der Waals surface area contributed by atoms with E-state index in [-0.39, 0.29) is 5.95 Å². The van der Waals surface area contributed by atoms with Gasteiger partial charge >= 0.3 is 5.97 Å². The molecule has 60 valence electrons. The van der Waals surface area contributed by atoms with Gasteiger partial charge in [0.15, 0.2) is 0 Å². The van der Waals surface area contributed by atoms with Crippen molar-refractivity contribution in [2.24, 2.45) is 5.73 Å². The first-order chi connectivity index (χ1) is 5.22. The van der Waals surface area contributed by atoms with Crippen LogP contribution in [0.5, 0.6) is 5.95 Å². The Hall–Kier alpha value is -1.29. The lowest BCUT2D eigenvalue weighted by Crippen LogP contribution is -2.00. The van der Waals surface area contributed by atoms with Gasteiger partial charge in [-0.15, -0.1) is 0 Å². The van der Waals surface area contributed by atoms with Crippen molar-refractivity contribution in [1.29, 1.82) is 0 Å². The molecule has 1 aromatic rings. The predicted octanol–water partition coefficient (Wildman–Crippen LogP) is 0.664. The number of carbonyl (C=O) groups excluding carboxylic acids is 1. The summed E-state index contributed by atoms with van der Waals surface area (Å²) in [7, 11) is 0. The Balaban J connectivity index is 2.65. The zero-order chi connectivity index (χ0) is 8.27. The summed E-state index contributed by atoms with van der Waals surface area (Å²) in [6.07, 6.45) is 0. The zero-order valence-electron chi connectivity index (χ0n) is 6.16. The minimum Gasteiger partial charge on any atom is -0.429 e. The maximum atomic E-state index is 10.4. The van der Waals surface area contributed by atoms with Gasteiger partial charge in [0.05, 0.1) is 6.54 Å². The summed E-state index contributed by atoms with van der Waals surface area (Å²) in [5.74, 6) is 0.391. The number of furan rings is 1. The van der Waals surface area contributed by atoms with Crippen LogP contribution in [-0.4, -0.2) is 5.97 Å². The largest absolute Gasteiger partial charge is 0.429 e. The molecule has 2 N–H and O–H groups in total. The number of hydrogen-bond acceptors (Lipinski definition) is 4. The Morgan fingerprint density at radius 2 is 2.45 bits per heavy atom. The Kier molecular flexibility index (Phi) is 2.28. The highest BCUT2D eigenvalue weighted by Crippen LogP contribution is 2.14. The highest BCUT2D eigenvalue weighted by Gasteiger charge is 2.02. The van der Waals surface area contributed by atoms with Crippen LogP contribution in [0.25, 0.3) is 0 Å². The van der Waals surface area contributed by atoms with E-state index in [0.29, 0.717) is 12.3 Å². The Morgan fingerprint density at radius 1 is 1.73 bits per heavy atom. The minimum atomic E-state index is -0.400. The number of carbonyl (C=O) groups is 1. The molecule has 0 amide bonds. The number of hydrogen-bond donors (Lipinski definition) is 1. The van der Waals surface area contributed by atoms with Crippen LogP contribution in [0.2, 0.25) is 0 Å². The summed E-state index contributed by atoms with van der Waals surface area (Å²) in [5, 5.41) is 0. The third kappa shape index (κ3) is 2.09. The van der Waals surface area contributed by atoms with Crippen molar-refractivity contribution >= 4 is 5.97 Å². The van der Waals surface area contributed by atoms with Gasteiger partial charge in [0.1, 0.15) is 5.76 Å². The molecule has 0 aliphatic rings. The molecule has 4 nitrogen and oxygen atoms in total. The smallest absolute Gasteiger partial charge is 0.310 e. The summed E-state index contributed by atoms with van der Waals surface area (Å²) < 4.78 is 9.61. The maximum absolute atomic E-state index is 10.4. The topological polar surface area (TPSA) is 65.5 Å². The molecule has 0 aliphatic heterocycles. The van der Waals surface area contributed by atoms with Crippen LogP contribution >= 0.6 is 0 Å². The van der Waals surface area contributed by atoms with Gasteiger partial charge in [-0.25, -0.2) is 0 Å². The van der Waals surface area contributed by atoms with Gasteiger partial charge in [0.2, 0.25) is 0 Å². The molecular weight excluding hydrogens is 146 g/mol. The molecule has 1 rings (SSSR count). The second-order valence-corrected chi connectivity index (χ2v) is 2.02. The average molecular weight is 155 g/mol. The van der Waals surface area contributed by atoms with Crippen molar-refractivity contribution in [2.45, 2.75) is 13.5 Å². The summed E-state index contributed by atoms with van der Waals surface area (Å²) >= 11 is 0. The number of rotatable bonds is 2. The molecule has 0 atom stereocenters. The first-order valence-corrected chi connectivity index (χ1v) is 3.19. The van der Waals surface area contributed by atoms with Gasteiger partial charge in [0.25, 0.3) is 5.95 Å². The van der Waals surface area contributed by atoms with Crippen LogP contribution in [0.3, 0.4) is 0 Å². The summed E-state index contributed by atoms with van der Waals surface area (Å²) in [6.45, 7) is 1.62. The molecule has 0 spiro atoms. The summed E-state index contributed by atoms with van der Waals surface area (Å²) in [5.41, 5.74) is 5.26. The zero-order valence-corrected chi connectivity index (χ0v) is 6.16. The monoisotopic (exact) mass is 155 g/mol. The van der Waals surface area contributed by atoms with Gasteiger partial charge in [-0.3, -0.25) is 4.79 Å². The van der Waals surface area contributed by atoms with Crippen molar-refractivity contribution in [3.63, 3.8) is 0 Å². The molecule has 0 aromatic carbocycles. The molecule has 0 radical (unpaired) electrons. The van der Waals surface area contributed by atoms with E-state index in [1.165, 1.54) is 6.92 Å². The van der Waals surface area contributed by atoms with Crippen molar-refractivity contribution in [2.75, 3.05) is 0 Å². The molecule has 11 heavy (non-hydrogen) atoms. The van der Waals surface area contributed by atoms with Gasteiger partial charge in [0, 0.05) is 13.0 Å². The van der Waals surface area contributed by atoms with Crippen LogP contribution in [0.15, 0.2) is 16.5 Å². The number of nitrogens with two attached hydrogens (primary N) is 1. The van der Waals surface area contributed by atoms with Crippen LogP contribution in [0.4, 0.5) is 0 Å². The van der Waals surface area contributed by atoms with E-state index in [4.69, 9.17) is 10.2 Å². The lowest BCUT2D eigenvalue weighted by atomic mass is 10.5. The highest BCUT2D eigenvalue weighted by molar-refractivity contribution is 5.68. The van der Waals surface area contributed by atoms with E-state index in [9.17, 15) is 4.79 Å². The highest BCUT2D eigenvalue weighted by atomic mass is 16.6. The first kappa shape index (κ1) is 7.81. The molecule has 4 heteroatoms. The Labute approximate surface area is 63.9 Å². The maximum Gasteiger partial charge on any atom is 0.310 e. The van der Waals surface area contributed by atoms with E-state index >= 15 is 0 Å². The van der Waals surface area contributed by atoms with Crippen LogP contribution < -0.4 is 10.5 Å². The molecule has 0 unspecified atom stereocenters. The number of ether oxygens (including phenoxy) is 1. The standard InChI is InChI=1S/C7H9NO3/c1-5(9)10-7-3-2-6(4-8)11-7/h2-3H,4,8H2,1H3. The molecule has 0 bridgehead atoms. The molecule has 1 heterocycles. The second-order valence-electron chi connectivity index (χ2n) is 2.02. The van der Waals surface area contributed by atoms with Crippen molar-refractivity contribution in [3.05, 3.63) is 17.9 Å². The fraction of sp³-hybridized carbons (Fsp3) is 0.286. The number of esters is 1. The van der Waals surface area contributed by atoms with Gasteiger partial charge in [-0.05, 0) is 6.07 Å². The van der Waals surface area contributed by atoms with Crippen LogP contribution in [0, 0.1) is 0 Å². The van der Waals surface area contributed by atoms with Crippen LogP contribution in [0.1, 0.15) is 12.7 Å².